The third-order valence-corrected chi connectivity index (χ3v) is 4.41. The Kier molecular flexibility index (Phi) is 8.05. The molecule has 0 fully saturated rings. The van der Waals surface area contributed by atoms with Gasteiger partial charge in [-0.2, -0.15) is 4.68 Å². The van der Waals surface area contributed by atoms with Gasteiger partial charge in [-0.15, -0.1) is 5.10 Å². The van der Waals surface area contributed by atoms with Crippen LogP contribution in [0.3, 0.4) is 0 Å². The first-order valence-corrected chi connectivity index (χ1v) is 9.75. The van der Waals surface area contributed by atoms with Crippen LogP contribution in [0.1, 0.15) is 27.2 Å². The zero-order valence-electron chi connectivity index (χ0n) is 15.6. The molecule has 0 saturated heterocycles. The highest BCUT2D eigenvalue weighted by Gasteiger charge is 2.18. The van der Waals surface area contributed by atoms with Gasteiger partial charge in [0.25, 0.3) is 0 Å². The zero-order chi connectivity index (χ0) is 19.6. The highest BCUT2D eigenvalue weighted by molar-refractivity contribution is 7.99. The van der Waals surface area contributed by atoms with Gasteiger partial charge in [-0.3, -0.25) is 9.59 Å². The lowest BCUT2D eigenvalue weighted by atomic mass is 10.3. The highest BCUT2D eigenvalue weighted by atomic mass is 32.2. The number of hydrogen-bond donors (Lipinski definition) is 2. The topological polar surface area (TPSA) is 111 Å². The number of hydrogen-bond acceptors (Lipinski definition) is 7. The summed E-state index contributed by atoms with van der Waals surface area (Å²) in [7, 11) is 0. The van der Waals surface area contributed by atoms with Gasteiger partial charge in [0, 0.05) is 6.54 Å². The lowest BCUT2D eigenvalue weighted by Crippen LogP contribution is -2.45. The van der Waals surface area contributed by atoms with Crippen LogP contribution in [0.25, 0.3) is 5.69 Å². The van der Waals surface area contributed by atoms with Crippen LogP contribution in [-0.2, 0) is 9.59 Å². The Hall–Kier alpha value is -2.62. The molecule has 0 spiro atoms. The zero-order valence-corrected chi connectivity index (χ0v) is 16.5. The summed E-state index contributed by atoms with van der Waals surface area (Å²) >= 11 is 1.18. The summed E-state index contributed by atoms with van der Waals surface area (Å²) in [4.78, 5) is 24.0. The van der Waals surface area contributed by atoms with Crippen molar-refractivity contribution in [2.24, 2.45) is 0 Å². The van der Waals surface area contributed by atoms with E-state index in [1.165, 1.54) is 16.4 Å². The Morgan fingerprint density at radius 1 is 1.30 bits per heavy atom. The number of carbonyl (C=O) groups is 2. The summed E-state index contributed by atoms with van der Waals surface area (Å²) in [6, 6.07) is 6.80. The van der Waals surface area contributed by atoms with Gasteiger partial charge in [-0.1, -0.05) is 30.8 Å². The summed E-state index contributed by atoms with van der Waals surface area (Å²) in [6.07, 6.45) is 0.841. The Balaban J connectivity index is 1.97. The van der Waals surface area contributed by atoms with E-state index < -0.39 is 6.04 Å². The van der Waals surface area contributed by atoms with Crippen LogP contribution >= 0.6 is 11.8 Å². The molecule has 0 saturated carbocycles. The Morgan fingerprint density at radius 2 is 2.07 bits per heavy atom. The van der Waals surface area contributed by atoms with Gasteiger partial charge in [-0.05, 0) is 42.8 Å². The smallest absolute Gasteiger partial charge is 0.242 e. The SMILES string of the molecule is CCCNC(=O)[C@H](C)NC(=O)CSc1nnnn1-c1ccccc1OCC. The van der Waals surface area contributed by atoms with Crippen LogP contribution in [0.2, 0.25) is 0 Å². The Morgan fingerprint density at radius 3 is 2.81 bits per heavy atom. The summed E-state index contributed by atoms with van der Waals surface area (Å²) in [5.41, 5.74) is 0.694. The molecule has 27 heavy (non-hydrogen) atoms. The van der Waals surface area contributed by atoms with Crippen LogP contribution in [-0.4, -0.2) is 57.0 Å². The molecule has 1 aromatic heterocycles. The molecule has 2 N–H and O–H groups in total. The van der Waals surface area contributed by atoms with E-state index in [0.717, 1.165) is 6.42 Å². The van der Waals surface area contributed by atoms with Crippen LogP contribution in [0.4, 0.5) is 0 Å². The van der Waals surface area contributed by atoms with Crippen LogP contribution in [0.15, 0.2) is 29.4 Å². The third kappa shape index (κ3) is 5.95. The second-order valence-corrected chi connectivity index (χ2v) is 6.59. The third-order valence-electron chi connectivity index (χ3n) is 3.49. The van der Waals surface area contributed by atoms with Crippen molar-refractivity contribution >= 4 is 23.6 Å². The maximum atomic E-state index is 12.1. The fraction of sp³-hybridized carbons (Fsp3) is 0.471. The number of thioether (sulfide) groups is 1. The predicted molar refractivity (Wildman–Crippen MR) is 102 cm³/mol. The number of para-hydroxylation sites is 2. The number of nitrogens with one attached hydrogen (secondary N) is 2. The number of carbonyl (C=O) groups excluding carboxylic acids is 2. The second kappa shape index (κ2) is 10.5. The first-order chi connectivity index (χ1) is 13.1. The summed E-state index contributed by atoms with van der Waals surface area (Å²) in [6.45, 7) is 6.61. The van der Waals surface area contributed by atoms with Crippen molar-refractivity contribution in [2.45, 2.75) is 38.4 Å². The maximum absolute atomic E-state index is 12.1. The van der Waals surface area contributed by atoms with Gasteiger partial charge in [0.1, 0.15) is 17.5 Å². The Bertz CT molecular complexity index is 767. The van der Waals surface area contributed by atoms with Gasteiger partial charge >= 0.3 is 0 Å². The molecule has 0 aliphatic heterocycles. The molecule has 0 aliphatic rings. The number of benzene rings is 1. The molecule has 2 amide bonds. The minimum Gasteiger partial charge on any atom is -0.492 e. The minimum absolute atomic E-state index is 0.0859. The first kappa shape index (κ1) is 20.7. The van der Waals surface area contributed by atoms with Crippen molar-refractivity contribution in [3.05, 3.63) is 24.3 Å². The minimum atomic E-state index is -0.598. The highest BCUT2D eigenvalue weighted by Crippen LogP contribution is 2.25. The molecule has 1 heterocycles. The molecular weight excluding hydrogens is 368 g/mol. The van der Waals surface area contributed by atoms with E-state index in [9.17, 15) is 9.59 Å². The predicted octanol–water partition coefficient (Wildman–Crippen LogP) is 1.18. The van der Waals surface area contributed by atoms with Gasteiger partial charge in [0.15, 0.2) is 0 Å². The number of rotatable bonds is 10. The number of amides is 2. The van der Waals surface area contributed by atoms with Crippen molar-refractivity contribution in [3.8, 4) is 11.4 Å². The first-order valence-electron chi connectivity index (χ1n) is 8.77. The van der Waals surface area contributed by atoms with Crippen LogP contribution in [0.5, 0.6) is 5.75 Å². The molecule has 9 nitrogen and oxygen atoms in total. The molecule has 10 heteroatoms. The molecule has 0 unspecified atom stereocenters. The number of aromatic nitrogens is 4. The largest absolute Gasteiger partial charge is 0.492 e. The molecule has 1 aromatic carbocycles. The second-order valence-electron chi connectivity index (χ2n) is 5.64. The fourth-order valence-corrected chi connectivity index (χ4v) is 2.90. The van der Waals surface area contributed by atoms with Crippen molar-refractivity contribution in [3.63, 3.8) is 0 Å². The summed E-state index contributed by atoms with van der Waals surface area (Å²) in [5.74, 6) is 0.264. The quantitative estimate of drug-likeness (QED) is 0.584. The van der Waals surface area contributed by atoms with E-state index in [1.807, 2.05) is 38.1 Å². The van der Waals surface area contributed by atoms with Crippen LogP contribution < -0.4 is 15.4 Å². The molecular formula is C17H24N6O3S. The molecule has 2 rings (SSSR count). The lowest BCUT2D eigenvalue weighted by Gasteiger charge is -2.13. The normalized spacial score (nSPS) is 11.7. The lowest BCUT2D eigenvalue weighted by molar-refractivity contribution is -0.127. The van der Waals surface area contributed by atoms with E-state index in [0.29, 0.717) is 29.7 Å². The summed E-state index contributed by atoms with van der Waals surface area (Å²) < 4.78 is 7.13. The number of tetrazole rings is 1. The molecule has 0 radical (unpaired) electrons. The molecule has 2 aromatic rings. The maximum Gasteiger partial charge on any atom is 0.242 e. The van der Waals surface area contributed by atoms with Gasteiger partial charge in [-0.25, -0.2) is 0 Å². The number of ether oxygens (including phenoxy) is 1. The van der Waals surface area contributed by atoms with E-state index in [2.05, 4.69) is 26.2 Å². The van der Waals surface area contributed by atoms with Crippen molar-refractivity contribution < 1.29 is 14.3 Å². The molecule has 146 valence electrons. The summed E-state index contributed by atoms with van der Waals surface area (Å²) in [5, 5.41) is 17.5. The van der Waals surface area contributed by atoms with E-state index in [-0.39, 0.29) is 17.6 Å². The monoisotopic (exact) mass is 392 g/mol. The van der Waals surface area contributed by atoms with E-state index in [4.69, 9.17) is 4.74 Å². The standard InChI is InChI=1S/C17H24N6O3S/c1-4-10-18-16(25)12(3)19-15(24)11-27-17-20-21-22-23(17)13-8-6-7-9-14(13)26-5-2/h6-9,12H,4-5,10-11H2,1-3H3,(H,18,25)(H,19,24)/t12-/m0/s1. The average molecular weight is 392 g/mol. The van der Waals surface area contributed by atoms with Gasteiger partial charge in [0.2, 0.25) is 17.0 Å². The Labute approximate surface area is 162 Å². The van der Waals surface area contributed by atoms with Crippen molar-refractivity contribution in [2.75, 3.05) is 18.9 Å². The fourth-order valence-electron chi connectivity index (χ4n) is 2.21. The van der Waals surface area contributed by atoms with Crippen LogP contribution in [0, 0.1) is 0 Å². The van der Waals surface area contributed by atoms with E-state index in [1.54, 1.807) is 6.92 Å². The van der Waals surface area contributed by atoms with Crippen molar-refractivity contribution in [1.82, 2.24) is 30.8 Å². The average Bonchev–Trinajstić information content (AvgIpc) is 3.13. The molecule has 1 atom stereocenters. The molecule has 0 bridgehead atoms. The van der Waals surface area contributed by atoms with E-state index >= 15 is 0 Å². The molecule has 0 aliphatic carbocycles. The van der Waals surface area contributed by atoms with Crippen molar-refractivity contribution in [1.29, 1.82) is 0 Å². The van der Waals surface area contributed by atoms with Gasteiger partial charge in [0.05, 0.1) is 12.4 Å². The number of nitrogens with zero attached hydrogens (tertiary/aromatic N) is 4. The van der Waals surface area contributed by atoms with Gasteiger partial charge < -0.3 is 15.4 Å².